The Bertz CT molecular complexity index is 777. The minimum Gasteiger partial charge on any atom is -0.512 e. The van der Waals surface area contributed by atoms with Gasteiger partial charge < -0.3 is 10.2 Å². The molecule has 1 aliphatic rings. The third-order valence-corrected chi connectivity index (χ3v) is 4.41. The van der Waals surface area contributed by atoms with Crippen LogP contribution in [0, 0.1) is 0 Å². The van der Waals surface area contributed by atoms with Gasteiger partial charge in [0.05, 0.1) is 5.76 Å². The minimum absolute atomic E-state index is 0.227. The van der Waals surface area contributed by atoms with E-state index >= 15 is 0 Å². The fourth-order valence-corrected chi connectivity index (χ4v) is 3.09. The van der Waals surface area contributed by atoms with Gasteiger partial charge in [-0.2, -0.15) is 0 Å². The molecular formula is C23H26O3. The number of aliphatic hydroxyl groups is 1. The SMILES string of the molecule is CC(/C=C/C1=C(O)CCC[C@@H]1c1ccccc1)=C\C=C\C(C)=C\C(=O)O. The molecule has 0 aliphatic heterocycles. The van der Waals surface area contributed by atoms with Crippen molar-refractivity contribution in [2.24, 2.45) is 0 Å². The van der Waals surface area contributed by atoms with E-state index in [0.29, 0.717) is 11.3 Å². The molecule has 0 heterocycles. The Morgan fingerprint density at radius 3 is 2.54 bits per heavy atom. The van der Waals surface area contributed by atoms with Crippen molar-refractivity contribution >= 4 is 5.97 Å². The smallest absolute Gasteiger partial charge is 0.328 e. The van der Waals surface area contributed by atoms with Gasteiger partial charge in [-0.1, -0.05) is 66.3 Å². The first-order chi connectivity index (χ1) is 12.5. The van der Waals surface area contributed by atoms with Crippen LogP contribution in [0.5, 0.6) is 0 Å². The van der Waals surface area contributed by atoms with E-state index in [1.165, 1.54) is 11.6 Å². The third kappa shape index (κ3) is 5.92. The quantitative estimate of drug-likeness (QED) is 0.499. The van der Waals surface area contributed by atoms with Crippen LogP contribution in [-0.4, -0.2) is 16.2 Å². The summed E-state index contributed by atoms with van der Waals surface area (Å²) in [4.78, 5) is 10.6. The number of aliphatic carboxylic acids is 1. The Labute approximate surface area is 155 Å². The number of rotatable bonds is 6. The lowest BCUT2D eigenvalue weighted by Crippen LogP contribution is -2.09. The number of benzene rings is 1. The Hall–Kier alpha value is -2.81. The summed E-state index contributed by atoms with van der Waals surface area (Å²) in [5.41, 5.74) is 3.93. The molecule has 0 aromatic heterocycles. The number of carbonyl (C=O) groups is 1. The van der Waals surface area contributed by atoms with E-state index in [9.17, 15) is 9.90 Å². The molecule has 0 saturated heterocycles. The zero-order chi connectivity index (χ0) is 18.9. The zero-order valence-corrected chi connectivity index (χ0v) is 15.4. The number of hydrogen-bond donors (Lipinski definition) is 2. The van der Waals surface area contributed by atoms with Crippen LogP contribution in [0.25, 0.3) is 0 Å². The standard InChI is InChI=1S/C23H26O3/c1-17(8-6-9-18(2)16-23(25)26)14-15-21-20(12-7-13-22(21)24)19-10-4-3-5-11-19/h3-6,8-11,14-16,20,24H,7,12-13H2,1-2H3,(H,25,26)/b9-6+,15-14+,17-8+,18-16+/t20-/m1/s1. The van der Waals surface area contributed by atoms with E-state index < -0.39 is 5.97 Å². The molecule has 0 bridgehead atoms. The molecule has 2 rings (SSSR count). The van der Waals surface area contributed by atoms with Crippen LogP contribution >= 0.6 is 0 Å². The van der Waals surface area contributed by atoms with E-state index in [2.05, 4.69) is 12.1 Å². The van der Waals surface area contributed by atoms with E-state index in [1.54, 1.807) is 13.0 Å². The Kier molecular flexibility index (Phi) is 7.22. The highest BCUT2D eigenvalue weighted by molar-refractivity contribution is 5.81. The van der Waals surface area contributed by atoms with Crippen LogP contribution in [0.2, 0.25) is 0 Å². The molecule has 0 spiro atoms. The molecule has 1 aromatic carbocycles. The van der Waals surface area contributed by atoms with Crippen molar-refractivity contribution < 1.29 is 15.0 Å². The summed E-state index contributed by atoms with van der Waals surface area (Å²) in [6, 6.07) is 10.3. The van der Waals surface area contributed by atoms with Crippen molar-refractivity contribution in [3.63, 3.8) is 0 Å². The van der Waals surface area contributed by atoms with Crippen LogP contribution in [0.4, 0.5) is 0 Å². The third-order valence-electron chi connectivity index (χ3n) is 4.41. The second kappa shape index (κ2) is 9.62. The predicted octanol–water partition coefficient (Wildman–Crippen LogP) is 5.86. The van der Waals surface area contributed by atoms with E-state index in [0.717, 1.165) is 30.4 Å². The number of carboxylic acid groups (broad SMARTS) is 1. The molecule has 3 heteroatoms. The van der Waals surface area contributed by atoms with Crippen LogP contribution in [-0.2, 0) is 4.79 Å². The lowest BCUT2D eigenvalue weighted by Gasteiger charge is -2.24. The maximum Gasteiger partial charge on any atom is 0.328 e. The summed E-state index contributed by atoms with van der Waals surface area (Å²) < 4.78 is 0. The van der Waals surface area contributed by atoms with E-state index in [1.807, 2.05) is 49.4 Å². The summed E-state index contributed by atoms with van der Waals surface area (Å²) in [5, 5.41) is 19.1. The second-order valence-corrected chi connectivity index (χ2v) is 6.59. The molecular weight excluding hydrogens is 324 g/mol. The second-order valence-electron chi connectivity index (χ2n) is 6.59. The molecule has 0 radical (unpaired) electrons. The molecule has 0 unspecified atom stereocenters. The molecule has 3 nitrogen and oxygen atoms in total. The van der Waals surface area contributed by atoms with Gasteiger partial charge in [0.15, 0.2) is 0 Å². The van der Waals surface area contributed by atoms with Gasteiger partial charge in [-0.25, -0.2) is 4.79 Å². The molecule has 136 valence electrons. The Morgan fingerprint density at radius 1 is 1.12 bits per heavy atom. The lowest BCUT2D eigenvalue weighted by atomic mass is 9.81. The molecule has 1 aromatic rings. The first-order valence-electron chi connectivity index (χ1n) is 8.88. The molecule has 26 heavy (non-hydrogen) atoms. The van der Waals surface area contributed by atoms with Crippen molar-refractivity contribution in [1.29, 1.82) is 0 Å². The molecule has 0 amide bonds. The van der Waals surface area contributed by atoms with E-state index in [4.69, 9.17) is 5.11 Å². The van der Waals surface area contributed by atoms with Crippen molar-refractivity contribution in [1.82, 2.24) is 0 Å². The summed E-state index contributed by atoms with van der Waals surface area (Å²) in [5.74, 6) is -0.241. The van der Waals surface area contributed by atoms with Gasteiger partial charge in [-0.3, -0.25) is 0 Å². The Morgan fingerprint density at radius 2 is 1.85 bits per heavy atom. The van der Waals surface area contributed by atoms with Crippen LogP contribution < -0.4 is 0 Å². The highest BCUT2D eigenvalue weighted by atomic mass is 16.4. The fourth-order valence-electron chi connectivity index (χ4n) is 3.09. The molecule has 1 atom stereocenters. The van der Waals surface area contributed by atoms with Crippen molar-refractivity contribution in [2.45, 2.75) is 39.0 Å². The maximum absolute atomic E-state index is 10.6. The fraction of sp³-hybridized carbons (Fsp3) is 0.261. The van der Waals surface area contributed by atoms with Gasteiger partial charge in [-0.15, -0.1) is 0 Å². The number of carboxylic acids is 1. The Balaban J connectivity index is 2.14. The van der Waals surface area contributed by atoms with E-state index in [-0.39, 0.29) is 5.92 Å². The highest BCUT2D eigenvalue weighted by Crippen LogP contribution is 2.37. The molecule has 0 saturated carbocycles. The highest BCUT2D eigenvalue weighted by Gasteiger charge is 2.22. The van der Waals surface area contributed by atoms with Gasteiger partial charge in [-0.05, 0) is 43.4 Å². The van der Waals surface area contributed by atoms with Crippen molar-refractivity contribution in [3.05, 3.63) is 94.8 Å². The van der Waals surface area contributed by atoms with Gasteiger partial charge >= 0.3 is 5.97 Å². The first kappa shape index (κ1) is 19.5. The number of aliphatic hydroxyl groups excluding tert-OH is 1. The lowest BCUT2D eigenvalue weighted by molar-refractivity contribution is -0.131. The summed E-state index contributed by atoms with van der Waals surface area (Å²) >= 11 is 0. The number of allylic oxidation sites excluding steroid dienone is 9. The normalized spacial score (nSPS) is 19.5. The topological polar surface area (TPSA) is 57.5 Å². The average molecular weight is 350 g/mol. The maximum atomic E-state index is 10.6. The summed E-state index contributed by atoms with van der Waals surface area (Å²) in [7, 11) is 0. The first-order valence-corrected chi connectivity index (χ1v) is 8.88. The zero-order valence-electron chi connectivity index (χ0n) is 15.4. The van der Waals surface area contributed by atoms with Crippen LogP contribution in [0.15, 0.2) is 89.3 Å². The number of hydrogen-bond acceptors (Lipinski definition) is 2. The molecule has 2 N–H and O–H groups in total. The molecule has 1 aliphatic carbocycles. The van der Waals surface area contributed by atoms with Gasteiger partial charge in [0, 0.05) is 18.4 Å². The van der Waals surface area contributed by atoms with Crippen molar-refractivity contribution in [2.75, 3.05) is 0 Å². The minimum atomic E-state index is -0.945. The van der Waals surface area contributed by atoms with Gasteiger partial charge in [0.25, 0.3) is 0 Å². The van der Waals surface area contributed by atoms with Crippen LogP contribution in [0.3, 0.4) is 0 Å². The van der Waals surface area contributed by atoms with Gasteiger partial charge in [0.2, 0.25) is 0 Å². The summed E-state index contributed by atoms with van der Waals surface area (Å²) in [6.07, 6.45) is 13.4. The van der Waals surface area contributed by atoms with Crippen LogP contribution in [0.1, 0.15) is 44.6 Å². The largest absolute Gasteiger partial charge is 0.512 e. The molecule has 0 fully saturated rings. The monoisotopic (exact) mass is 350 g/mol. The summed E-state index contributed by atoms with van der Waals surface area (Å²) in [6.45, 7) is 3.73. The van der Waals surface area contributed by atoms with Crippen molar-refractivity contribution in [3.8, 4) is 0 Å². The van der Waals surface area contributed by atoms with Gasteiger partial charge in [0.1, 0.15) is 0 Å². The predicted molar refractivity (Wildman–Crippen MR) is 106 cm³/mol. The average Bonchev–Trinajstić information content (AvgIpc) is 2.60.